The lowest BCUT2D eigenvalue weighted by Gasteiger charge is -2.37. The molecule has 4 atom stereocenters. The van der Waals surface area contributed by atoms with E-state index in [1.165, 1.54) is 0 Å². The Morgan fingerprint density at radius 3 is 3.23 bits per heavy atom. The number of hydrogen-bond donors (Lipinski definition) is 1. The predicted octanol–water partition coefficient (Wildman–Crippen LogP) is -0.680. The lowest BCUT2D eigenvalue weighted by Crippen LogP contribution is -2.59. The van der Waals surface area contributed by atoms with Crippen molar-refractivity contribution < 1.29 is 20.4 Å². The van der Waals surface area contributed by atoms with Crippen LogP contribution in [0.5, 0.6) is 0 Å². The summed E-state index contributed by atoms with van der Waals surface area (Å²) < 4.78 is 23.6. The Morgan fingerprint density at radius 2 is 2.54 bits per heavy atom. The highest BCUT2D eigenvalue weighted by Crippen LogP contribution is 2.32. The average Bonchev–Trinajstić information content (AvgIpc) is 2.30. The first-order valence-corrected chi connectivity index (χ1v) is 4.24. The van der Waals surface area contributed by atoms with Gasteiger partial charge in [0.1, 0.15) is 17.8 Å². The van der Waals surface area contributed by atoms with Crippen molar-refractivity contribution in [3.63, 3.8) is 0 Å². The molecule has 2 unspecified atom stereocenters. The summed E-state index contributed by atoms with van der Waals surface area (Å²) in [5.41, 5.74) is 2.18. The third kappa shape index (κ3) is 1.37. The number of ether oxygens (including phenoxy) is 3. The molecule has 5 nitrogen and oxygen atoms in total. The molecule has 0 aromatic heterocycles. The molecule has 0 spiro atoms. The Balaban J connectivity index is 2.20. The van der Waals surface area contributed by atoms with Gasteiger partial charge in [0, 0.05) is 14.2 Å². The van der Waals surface area contributed by atoms with Crippen LogP contribution < -0.4 is 5.48 Å². The summed E-state index contributed by atoms with van der Waals surface area (Å²) in [4.78, 5) is 5.21. The van der Waals surface area contributed by atoms with Crippen LogP contribution in [0.15, 0.2) is 0 Å². The normalized spacial score (nSPS) is 50.6. The minimum Gasteiger partial charge on any atom is -0.382 e. The van der Waals surface area contributed by atoms with Crippen LogP contribution >= 0.6 is 0 Å². The fourth-order valence-corrected chi connectivity index (χ4v) is 1.89. The van der Waals surface area contributed by atoms with Crippen LogP contribution in [0.25, 0.3) is 0 Å². The van der Waals surface area contributed by atoms with E-state index in [-0.39, 0.29) is 12.2 Å². The second-order valence-corrected chi connectivity index (χ2v) is 3.31. The largest absolute Gasteiger partial charge is 0.382 e. The standard InChI is InChI=1S/C8H15NO4/c1-10-5-8-4-9-13-6(3-12-8)7(8)11-2/h6-7,9H,3-5H2,1-2H3/t6-,7?,8-/m1/s1/i3T/t3?,6-,7?,8-. The predicted molar refractivity (Wildman–Crippen MR) is 44.2 cm³/mol. The molecule has 76 valence electrons. The Kier molecular flexibility index (Phi) is 2.20. The molecule has 0 aliphatic carbocycles. The Morgan fingerprint density at radius 1 is 1.69 bits per heavy atom. The van der Waals surface area contributed by atoms with Gasteiger partial charge in [-0.25, -0.2) is 0 Å². The molecule has 13 heavy (non-hydrogen) atoms. The highest BCUT2D eigenvalue weighted by Gasteiger charge is 2.54. The van der Waals surface area contributed by atoms with E-state index in [0.29, 0.717) is 13.2 Å². The molecular formula is C8H15NO4. The number of hydroxylamine groups is 1. The van der Waals surface area contributed by atoms with Crippen LogP contribution in [0.2, 0.25) is 0 Å². The second kappa shape index (κ2) is 3.51. The van der Waals surface area contributed by atoms with Gasteiger partial charge in [0.15, 0.2) is 0 Å². The van der Waals surface area contributed by atoms with Gasteiger partial charge in [-0.05, 0) is 0 Å². The van der Waals surface area contributed by atoms with E-state index in [2.05, 4.69) is 5.48 Å². The van der Waals surface area contributed by atoms with Gasteiger partial charge in [0.25, 0.3) is 0 Å². The molecule has 2 bridgehead atoms. The third-order valence-corrected chi connectivity index (χ3v) is 2.49. The highest BCUT2D eigenvalue weighted by atomic mass is 16.7. The Hall–Kier alpha value is -0.200. The number of methoxy groups -OCH3 is 2. The van der Waals surface area contributed by atoms with Gasteiger partial charge in [0.2, 0.25) is 0 Å². The molecule has 0 amide bonds. The molecule has 2 aliphatic heterocycles. The monoisotopic (exact) mass is 191 g/mol. The zero-order chi connectivity index (χ0) is 10.2. The van der Waals surface area contributed by atoms with E-state index in [9.17, 15) is 0 Å². The maximum absolute atomic E-state index is 7.67. The first-order chi connectivity index (χ1) is 6.73. The zero-order valence-corrected chi connectivity index (χ0v) is 7.78. The fourth-order valence-electron chi connectivity index (χ4n) is 1.89. The number of fused-ring (bicyclic) bond motifs is 2. The van der Waals surface area contributed by atoms with Gasteiger partial charge >= 0.3 is 0 Å². The van der Waals surface area contributed by atoms with Crippen molar-refractivity contribution in [2.45, 2.75) is 17.8 Å². The van der Waals surface area contributed by atoms with Crippen molar-refractivity contribution in [1.82, 2.24) is 5.48 Å². The quantitative estimate of drug-likeness (QED) is 0.640. The van der Waals surface area contributed by atoms with Crippen molar-refractivity contribution in [1.29, 1.82) is 0 Å². The zero-order valence-electron chi connectivity index (χ0n) is 8.78. The van der Waals surface area contributed by atoms with Gasteiger partial charge in [0.05, 0.1) is 21.1 Å². The molecule has 2 rings (SSSR count). The van der Waals surface area contributed by atoms with Crippen molar-refractivity contribution in [3.8, 4) is 0 Å². The number of nitrogens with one attached hydrogen (secondary N) is 1. The summed E-state index contributed by atoms with van der Waals surface area (Å²) in [6, 6.07) is 0. The topological polar surface area (TPSA) is 49.0 Å². The second-order valence-electron chi connectivity index (χ2n) is 3.31. The van der Waals surface area contributed by atoms with E-state index >= 15 is 0 Å². The van der Waals surface area contributed by atoms with Crippen LogP contribution in [0.4, 0.5) is 0 Å². The lowest BCUT2D eigenvalue weighted by atomic mass is 9.95. The van der Waals surface area contributed by atoms with Gasteiger partial charge in [-0.15, -0.1) is 0 Å². The van der Waals surface area contributed by atoms with Crippen LogP contribution in [-0.4, -0.2) is 51.8 Å². The molecule has 2 saturated heterocycles. The lowest BCUT2D eigenvalue weighted by molar-refractivity contribution is -0.173. The molecule has 0 saturated carbocycles. The van der Waals surface area contributed by atoms with E-state index in [0.717, 1.165) is 0 Å². The summed E-state index contributed by atoms with van der Waals surface area (Å²) in [7, 11) is 3.20. The van der Waals surface area contributed by atoms with Crippen LogP contribution in [-0.2, 0) is 19.0 Å². The molecule has 5 heteroatoms. The molecule has 2 aliphatic rings. The van der Waals surface area contributed by atoms with Gasteiger partial charge in [-0.1, -0.05) is 0 Å². The summed E-state index contributed by atoms with van der Waals surface area (Å²) in [5, 5.41) is 0. The number of hydrogen-bond acceptors (Lipinski definition) is 5. The first-order valence-electron chi connectivity index (χ1n) is 4.81. The van der Waals surface area contributed by atoms with Crippen molar-refractivity contribution in [3.05, 3.63) is 0 Å². The molecule has 2 heterocycles. The number of rotatable bonds is 3. The molecule has 2 fully saturated rings. The van der Waals surface area contributed by atoms with E-state index in [1.54, 1.807) is 14.2 Å². The van der Waals surface area contributed by atoms with Crippen molar-refractivity contribution in [2.24, 2.45) is 0 Å². The van der Waals surface area contributed by atoms with E-state index < -0.39 is 12.2 Å². The summed E-state index contributed by atoms with van der Waals surface area (Å²) in [5.74, 6) is 0. The van der Waals surface area contributed by atoms with Gasteiger partial charge in [-0.3, -0.25) is 4.84 Å². The third-order valence-electron chi connectivity index (χ3n) is 2.49. The SMILES string of the molecule is [3H]C1O[C@@]2(COC)CNO[C@H]1C2OC. The first kappa shape index (κ1) is 8.14. The molecular weight excluding hydrogens is 174 g/mol. The van der Waals surface area contributed by atoms with Crippen LogP contribution in [0.3, 0.4) is 0 Å². The van der Waals surface area contributed by atoms with Crippen molar-refractivity contribution in [2.75, 3.05) is 34.0 Å². The maximum Gasteiger partial charge on any atom is 0.135 e. The minimum absolute atomic E-state index is 0.244. The highest BCUT2D eigenvalue weighted by molar-refractivity contribution is 5.02. The smallest absolute Gasteiger partial charge is 0.135 e. The Labute approximate surface area is 78.6 Å². The van der Waals surface area contributed by atoms with Crippen LogP contribution in [0.1, 0.15) is 1.37 Å². The summed E-state index contributed by atoms with van der Waals surface area (Å²) in [6.07, 6.45) is -0.630. The maximum atomic E-state index is 7.67. The molecule has 1 N–H and O–H groups in total. The summed E-state index contributed by atoms with van der Waals surface area (Å²) >= 11 is 0. The van der Waals surface area contributed by atoms with E-state index in [1.807, 2.05) is 0 Å². The van der Waals surface area contributed by atoms with Gasteiger partial charge < -0.3 is 14.2 Å². The molecule has 0 aromatic rings. The minimum atomic E-state index is -0.718. The van der Waals surface area contributed by atoms with Crippen LogP contribution in [0, 0.1) is 0 Å². The van der Waals surface area contributed by atoms with E-state index in [4.69, 9.17) is 20.4 Å². The van der Waals surface area contributed by atoms with Gasteiger partial charge in [-0.2, -0.15) is 5.48 Å². The van der Waals surface area contributed by atoms with Crippen molar-refractivity contribution >= 4 is 0 Å². The average molecular weight is 191 g/mol. The Bertz CT molecular complexity index is 214. The summed E-state index contributed by atoms with van der Waals surface area (Å²) in [6.45, 7) is 0.156. The molecule has 0 radical (unpaired) electrons. The molecule has 0 aromatic carbocycles. The fraction of sp³-hybridized carbons (Fsp3) is 1.00.